The lowest BCUT2D eigenvalue weighted by atomic mass is 9.92. The summed E-state index contributed by atoms with van der Waals surface area (Å²) in [5.41, 5.74) is 14.8. The standard InChI is InChI=1S/C52H32N2O2/c1-3-14-33(15-4-1)37-18-7-8-19-41(37)52-53-44(35-16-5-2-6-17-35)32-45(54-52)36-28-26-34(27-29-36)38-30-31-40(51-50(38)43-21-10-12-24-47(43)56-51)39-22-13-25-48-49(39)42-20-9-11-23-46(42)55-48/h1-32H. The topological polar surface area (TPSA) is 52.1 Å². The molecule has 0 unspecified atom stereocenters. The second-order valence-corrected chi connectivity index (χ2v) is 14.1. The van der Waals surface area contributed by atoms with Crippen LogP contribution in [-0.2, 0) is 0 Å². The van der Waals surface area contributed by atoms with E-state index in [1.54, 1.807) is 0 Å². The molecule has 0 saturated heterocycles. The molecular weight excluding hydrogens is 685 g/mol. The molecule has 4 heteroatoms. The van der Waals surface area contributed by atoms with Crippen molar-refractivity contribution in [3.05, 3.63) is 194 Å². The van der Waals surface area contributed by atoms with E-state index in [0.717, 1.165) is 105 Å². The van der Waals surface area contributed by atoms with Crippen LogP contribution in [0.3, 0.4) is 0 Å². The lowest BCUT2D eigenvalue weighted by Crippen LogP contribution is -1.97. The van der Waals surface area contributed by atoms with Gasteiger partial charge < -0.3 is 8.83 Å². The number of fused-ring (bicyclic) bond motifs is 6. The predicted octanol–water partition coefficient (Wildman–Crippen LogP) is 14.3. The summed E-state index contributed by atoms with van der Waals surface area (Å²) in [5.74, 6) is 0.687. The molecule has 0 atom stereocenters. The zero-order chi connectivity index (χ0) is 37.0. The molecule has 56 heavy (non-hydrogen) atoms. The fourth-order valence-corrected chi connectivity index (χ4v) is 8.12. The molecule has 0 saturated carbocycles. The van der Waals surface area contributed by atoms with Gasteiger partial charge in [-0.1, -0.05) is 164 Å². The molecule has 3 aromatic heterocycles. The van der Waals surface area contributed by atoms with Gasteiger partial charge in [-0.3, -0.25) is 0 Å². The second kappa shape index (κ2) is 13.1. The first kappa shape index (κ1) is 31.9. The predicted molar refractivity (Wildman–Crippen MR) is 229 cm³/mol. The van der Waals surface area contributed by atoms with Gasteiger partial charge >= 0.3 is 0 Å². The van der Waals surface area contributed by atoms with E-state index in [9.17, 15) is 0 Å². The summed E-state index contributed by atoms with van der Waals surface area (Å²) in [5, 5.41) is 4.35. The van der Waals surface area contributed by atoms with Gasteiger partial charge in [0.05, 0.1) is 11.4 Å². The van der Waals surface area contributed by atoms with Gasteiger partial charge in [-0.25, -0.2) is 9.97 Å². The van der Waals surface area contributed by atoms with Gasteiger partial charge in [0, 0.05) is 43.8 Å². The molecule has 0 bridgehead atoms. The first-order chi connectivity index (χ1) is 27.8. The Morgan fingerprint density at radius 1 is 0.304 bits per heavy atom. The molecular formula is C52H32N2O2. The first-order valence-corrected chi connectivity index (χ1v) is 18.8. The van der Waals surface area contributed by atoms with Crippen LogP contribution < -0.4 is 0 Å². The van der Waals surface area contributed by atoms with Crippen LogP contribution in [0.2, 0.25) is 0 Å². The van der Waals surface area contributed by atoms with Crippen molar-refractivity contribution >= 4 is 43.9 Å². The lowest BCUT2D eigenvalue weighted by Gasteiger charge is -2.13. The molecule has 0 aliphatic heterocycles. The minimum atomic E-state index is 0.687. The van der Waals surface area contributed by atoms with Gasteiger partial charge in [-0.15, -0.1) is 0 Å². The van der Waals surface area contributed by atoms with Crippen molar-refractivity contribution < 1.29 is 8.83 Å². The van der Waals surface area contributed by atoms with Gasteiger partial charge in [0.25, 0.3) is 0 Å². The van der Waals surface area contributed by atoms with Crippen LogP contribution in [0.4, 0.5) is 0 Å². The number of benzene rings is 8. The molecule has 4 nitrogen and oxygen atoms in total. The Morgan fingerprint density at radius 2 is 0.804 bits per heavy atom. The Kier molecular flexibility index (Phi) is 7.46. The van der Waals surface area contributed by atoms with E-state index < -0.39 is 0 Å². The number of nitrogens with zero attached hydrogens (tertiary/aromatic N) is 2. The van der Waals surface area contributed by atoms with Gasteiger partial charge in [0.1, 0.15) is 22.3 Å². The van der Waals surface area contributed by atoms with Gasteiger partial charge in [-0.05, 0) is 58.1 Å². The van der Waals surface area contributed by atoms with Crippen molar-refractivity contribution in [3.63, 3.8) is 0 Å². The number of hydrogen-bond donors (Lipinski definition) is 0. The third-order valence-electron chi connectivity index (χ3n) is 10.8. The van der Waals surface area contributed by atoms with Gasteiger partial charge in [-0.2, -0.15) is 0 Å². The number of hydrogen-bond acceptors (Lipinski definition) is 4. The monoisotopic (exact) mass is 716 g/mol. The smallest absolute Gasteiger partial charge is 0.161 e. The number of para-hydroxylation sites is 2. The Labute approximate surface area is 323 Å². The fraction of sp³-hybridized carbons (Fsp3) is 0. The Balaban J connectivity index is 1.06. The molecule has 0 aliphatic carbocycles. The normalized spacial score (nSPS) is 11.6. The summed E-state index contributed by atoms with van der Waals surface area (Å²) < 4.78 is 13.0. The minimum Gasteiger partial charge on any atom is -0.456 e. The molecule has 3 heterocycles. The molecule has 11 rings (SSSR count). The van der Waals surface area contributed by atoms with Crippen molar-refractivity contribution in [1.82, 2.24) is 9.97 Å². The largest absolute Gasteiger partial charge is 0.456 e. The zero-order valence-electron chi connectivity index (χ0n) is 30.2. The summed E-state index contributed by atoms with van der Waals surface area (Å²) in [4.78, 5) is 10.4. The first-order valence-electron chi connectivity index (χ1n) is 18.8. The lowest BCUT2D eigenvalue weighted by molar-refractivity contribution is 0.668. The number of furan rings is 2. The molecule has 262 valence electrons. The van der Waals surface area contributed by atoms with Crippen LogP contribution in [0.25, 0.3) is 111 Å². The molecule has 0 radical (unpaired) electrons. The van der Waals surface area contributed by atoms with Crippen molar-refractivity contribution in [2.75, 3.05) is 0 Å². The Morgan fingerprint density at radius 3 is 1.54 bits per heavy atom. The highest BCUT2D eigenvalue weighted by Crippen LogP contribution is 2.45. The molecule has 0 fully saturated rings. The minimum absolute atomic E-state index is 0.687. The summed E-state index contributed by atoms with van der Waals surface area (Å²) in [6, 6.07) is 67.2. The molecule has 0 amide bonds. The van der Waals surface area contributed by atoms with E-state index in [1.165, 1.54) is 0 Å². The van der Waals surface area contributed by atoms with Crippen molar-refractivity contribution in [1.29, 1.82) is 0 Å². The average molecular weight is 717 g/mol. The Bertz CT molecular complexity index is 3230. The molecule has 0 spiro atoms. The van der Waals surface area contributed by atoms with E-state index in [-0.39, 0.29) is 0 Å². The third kappa shape index (κ3) is 5.31. The highest BCUT2D eigenvalue weighted by Gasteiger charge is 2.21. The van der Waals surface area contributed by atoms with Crippen LogP contribution in [0.5, 0.6) is 0 Å². The summed E-state index contributed by atoms with van der Waals surface area (Å²) >= 11 is 0. The second-order valence-electron chi connectivity index (χ2n) is 14.1. The van der Waals surface area contributed by atoms with Crippen LogP contribution in [0.15, 0.2) is 203 Å². The molecule has 0 aliphatic rings. The van der Waals surface area contributed by atoms with E-state index in [2.05, 4.69) is 140 Å². The van der Waals surface area contributed by atoms with Gasteiger partial charge in [0.2, 0.25) is 0 Å². The number of aromatic nitrogens is 2. The maximum Gasteiger partial charge on any atom is 0.161 e. The third-order valence-corrected chi connectivity index (χ3v) is 10.8. The summed E-state index contributed by atoms with van der Waals surface area (Å²) in [6.07, 6.45) is 0. The highest BCUT2D eigenvalue weighted by atomic mass is 16.3. The molecule has 11 aromatic rings. The summed E-state index contributed by atoms with van der Waals surface area (Å²) in [7, 11) is 0. The quantitative estimate of drug-likeness (QED) is 0.172. The maximum atomic E-state index is 6.74. The SMILES string of the molecule is c1ccc(-c2cc(-c3ccc(-c4ccc(-c5cccc6oc7ccccc7c56)c5oc6ccccc6c45)cc3)nc(-c3ccccc3-c3ccccc3)n2)cc1. The molecule has 0 N–H and O–H groups in total. The van der Waals surface area contributed by atoms with Crippen molar-refractivity contribution in [2.45, 2.75) is 0 Å². The molecule has 8 aromatic carbocycles. The fourth-order valence-electron chi connectivity index (χ4n) is 8.12. The van der Waals surface area contributed by atoms with E-state index in [4.69, 9.17) is 18.8 Å². The van der Waals surface area contributed by atoms with E-state index >= 15 is 0 Å². The van der Waals surface area contributed by atoms with Crippen LogP contribution in [0.1, 0.15) is 0 Å². The van der Waals surface area contributed by atoms with Gasteiger partial charge in [0.15, 0.2) is 5.82 Å². The van der Waals surface area contributed by atoms with Crippen LogP contribution >= 0.6 is 0 Å². The van der Waals surface area contributed by atoms with E-state index in [0.29, 0.717) is 5.82 Å². The van der Waals surface area contributed by atoms with Crippen molar-refractivity contribution in [3.8, 4) is 67.3 Å². The Hall–Kier alpha value is -7.56. The maximum absolute atomic E-state index is 6.74. The number of rotatable bonds is 6. The van der Waals surface area contributed by atoms with Crippen LogP contribution in [0, 0.1) is 0 Å². The summed E-state index contributed by atoms with van der Waals surface area (Å²) in [6.45, 7) is 0. The van der Waals surface area contributed by atoms with Crippen LogP contribution in [-0.4, -0.2) is 9.97 Å². The highest BCUT2D eigenvalue weighted by molar-refractivity contribution is 6.20. The van der Waals surface area contributed by atoms with E-state index in [1.807, 2.05) is 54.6 Å². The average Bonchev–Trinajstić information content (AvgIpc) is 3.86. The zero-order valence-corrected chi connectivity index (χ0v) is 30.2. The van der Waals surface area contributed by atoms with Crippen molar-refractivity contribution in [2.24, 2.45) is 0 Å².